The maximum Gasteiger partial charge on any atom is 0.234 e. The molecule has 0 fully saturated rings. The van der Waals surface area contributed by atoms with Crippen molar-refractivity contribution in [2.45, 2.75) is 9.79 Å². The Morgan fingerprint density at radius 1 is 1.14 bits per heavy atom. The van der Waals surface area contributed by atoms with Crippen LogP contribution in [0.3, 0.4) is 0 Å². The maximum absolute atomic E-state index is 13.5. The fourth-order valence-electron chi connectivity index (χ4n) is 1.78. The van der Waals surface area contributed by atoms with Gasteiger partial charge in [-0.3, -0.25) is 4.79 Å². The molecule has 0 aliphatic carbocycles. The third kappa shape index (κ3) is 4.32. The number of sulfone groups is 1. The van der Waals surface area contributed by atoms with Gasteiger partial charge in [-0.15, -0.1) is 11.8 Å². The first-order valence-corrected chi connectivity index (χ1v) is 9.22. The molecule has 0 aliphatic heterocycles. The minimum absolute atomic E-state index is 0.0149. The summed E-state index contributed by atoms with van der Waals surface area (Å²) in [4.78, 5) is 12.4. The average Bonchev–Trinajstić information content (AvgIpc) is 2.46. The van der Waals surface area contributed by atoms with E-state index in [0.717, 1.165) is 18.0 Å². The summed E-state index contributed by atoms with van der Waals surface area (Å²) in [6.45, 7) is 0. The van der Waals surface area contributed by atoms with Crippen molar-refractivity contribution in [1.82, 2.24) is 0 Å². The van der Waals surface area contributed by atoms with Crippen molar-refractivity contribution in [2.24, 2.45) is 0 Å². The van der Waals surface area contributed by atoms with Crippen molar-refractivity contribution in [1.29, 1.82) is 0 Å². The van der Waals surface area contributed by atoms with Crippen LogP contribution in [0.1, 0.15) is 0 Å². The zero-order chi connectivity index (χ0) is 16.2. The SMILES string of the molecule is CS(=O)(=O)c1ccccc1NC(=O)CSc1ccccc1F. The van der Waals surface area contributed by atoms with Gasteiger partial charge in [0.2, 0.25) is 5.91 Å². The van der Waals surface area contributed by atoms with Crippen molar-refractivity contribution in [3.05, 3.63) is 54.3 Å². The monoisotopic (exact) mass is 339 g/mol. The van der Waals surface area contributed by atoms with Crippen LogP contribution in [-0.4, -0.2) is 26.3 Å². The molecule has 0 spiro atoms. The van der Waals surface area contributed by atoms with Gasteiger partial charge >= 0.3 is 0 Å². The Morgan fingerprint density at radius 3 is 2.45 bits per heavy atom. The van der Waals surface area contributed by atoms with Gasteiger partial charge in [0.15, 0.2) is 9.84 Å². The van der Waals surface area contributed by atoms with Gasteiger partial charge in [0.25, 0.3) is 0 Å². The topological polar surface area (TPSA) is 63.2 Å². The van der Waals surface area contributed by atoms with Crippen molar-refractivity contribution in [3.63, 3.8) is 0 Å². The van der Waals surface area contributed by atoms with Gasteiger partial charge < -0.3 is 5.32 Å². The molecule has 0 aromatic heterocycles. The van der Waals surface area contributed by atoms with Crippen molar-refractivity contribution in [2.75, 3.05) is 17.3 Å². The number of carbonyl (C=O) groups excluding carboxylic acids is 1. The highest BCUT2D eigenvalue weighted by molar-refractivity contribution is 8.00. The Kier molecular flexibility index (Phi) is 5.20. The highest BCUT2D eigenvalue weighted by Crippen LogP contribution is 2.23. The molecule has 22 heavy (non-hydrogen) atoms. The molecule has 116 valence electrons. The summed E-state index contributed by atoms with van der Waals surface area (Å²) in [6.07, 6.45) is 1.08. The molecule has 0 bridgehead atoms. The van der Waals surface area contributed by atoms with Gasteiger partial charge in [0.1, 0.15) is 5.82 Å². The lowest BCUT2D eigenvalue weighted by atomic mass is 10.3. The highest BCUT2D eigenvalue weighted by Gasteiger charge is 2.14. The van der Waals surface area contributed by atoms with Gasteiger partial charge in [0, 0.05) is 11.2 Å². The molecular formula is C15H14FNO3S2. The van der Waals surface area contributed by atoms with Crippen molar-refractivity contribution in [3.8, 4) is 0 Å². The number of hydrogen-bond donors (Lipinski definition) is 1. The lowest BCUT2D eigenvalue weighted by molar-refractivity contribution is -0.113. The molecule has 0 saturated heterocycles. The lowest BCUT2D eigenvalue weighted by Gasteiger charge is -2.09. The number of hydrogen-bond acceptors (Lipinski definition) is 4. The third-order valence-corrected chi connectivity index (χ3v) is 4.96. The fourth-order valence-corrected chi connectivity index (χ4v) is 3.37. The molecule has 0 radical (unpaired) electrons. The highest BCUT2D eigenvalue weighted by atomic mass is 32.2. The Morgan fingerprint density at radius 2 is 1.77 bits per heavy atom. The van der Waals surface area contributed by atoms with Crippen LogP contribution >= 0.6 is 11.8 Å². The van der Waals surface area contributed by atoms with E-state index < -0.39 is 21.6 Å². The summed E-state index contributed by atoms with van der Waals surface area (Å²) in [6, 6.07) is 12.3. The number of anilines is 1. The minimum atomic E-state index is -3.43. The number of benzene rings is 2. The van der Waals surface area contributed by atoms with E-state index in [9.17, 15) is 17.6 Å². The number of halogens is 1. The summed E-state index contributed by atoms with van der Waals surface area (Å²) in [5, 5.41) is 2.55. The van der Waals surface area contributed by atoms with E-state index in [4.69, 9.17) is 0 Å². The Balaban J connectivity index is 2.06. The molecule has 0 unspecified atom stereocenters. The fraction of sp³-hybridized carbons (Fsp3) is 0.133. The number of rotatable bonds is 5. The lowest BCUT2D eigenvalue weighted by Crippen LogP contribution is -2.16. The number of amides is 1. The molecular weight excluding hydrogens is 325 g/mol. The first kappa shape index (κ1) is 16.5. The van der Waals surface area contributed by atoms with E-state index in [2.05, 4.69) is 5.32 Å². The van der Waals surface area contributed by atoms with E-state index in [0.29, 0.717) is 4.90 Å². The predicted molar refractivity (Wildman–Crippen MR) is 85.3 cm³/mol. The molecule has 1 amide bonds. The zero-order valence-electron chi connectivity index (χ0n) is 11.7. The number of para-hydroxylation sites is 1. The zero-order valence-corrected chi connectivity index (χ0v) is 13.4. The minimum Gasteiger partial charge on any atom is -0.324 e. The Bertz CT molecular complexity index is 791. The first-order valence-electron chi connectivity index (χ1n) is 6.34. The Hall–Kier alpha value is -1.86. The molecule has 7 heteroatoms. The van der Waals surface area contributed by atoms with Crippen LogP contribution in [0, 0.1) is 5.82 Å². The second-order valence-corrected chi connectivity index (χ2v) is 7.54. The molecule has 4 nitrogen and oxygen atoms in total. The van der Waals surface area contributed by atoms with Gasteiger partial charge in [0.05, 0.1) is 16.3 Å². The van der Waals surface area contributed by atoms with Crippen LogP contribution in [0.15, 0.2) is 58.3 Å². The average molecular weight is 339 g/mol. The molecule has 0 saturated carbocycles. The van der Waals surface area contributed by atoms with Crippen LogP contribution in [0.4, 0.5) is 10.1 Å². The van der Waals surface area contributed by atoms with Gasteiger partial charge in [-0.05, 0) is 24.3 Å². The summed E-state index contributed by atoms with van der Waals surface area (Å²) >= 11 is 1.05. The van der Waals surface area contributed by atoms with Crippen molar-refractivity contribution >= 4 is 33.2 Å². The quantitative estimate of drug-likeness (QED) is 0.851. The maximum atomic E-state index is 13.5. The molecule has 1 N–H and O–H groups in total. The van der Waals surface area contributed by atoms with Crippen LogP contribution in [0.5, 0.6) is 0 Å². The van der Waals surface area contributed by atoms with E-state index in [1.807, 2.05) is 0 Å². The van der Waals surface area contributed by atoms with E-state index in [1.165, 1.54) is 18.2 Å². The molecule has 2 rings (SSSR count). The van der Waals surface area contributed by atoms with Crippen LogP contribution in [-0.2, 0) is 14.6 Å². The molecule has 0 atom stereocenters. The van der Waals surface area contributed by atoms with E-state index in [1.54, 1.807) is 30.3 Å². The van der Waals surface area contributed by atoms with Crippen molar-refractivity contribution < 1.29 is 17.6 Å². The number of carbonyl (C=O) groups is 1. The number of nitrogens with one attached hydrogen (secondary N) is 1. The van der Waals surface area contributed by atoms with E-state index >= 15 is 0 Å². The molecule has 0 heterocycles. The summed E-state index contributed by atoms with van der Waals surface area (Å²) in [7, 11) is -3.43. The summed E-state index contributed by atoms with van der Waals surface area (Å²) in [5.41, 5.74) is 0.226. The first-order chi connectivity index (χ1) is 10.4. The second-order valence-electron chi connectivity index (χ2n) is 4.54. The normalized spacial score (nSPS) is 11.2. The largest absolute Gasteiger partial charge is 0.324 e. The second kappa shape index (κ2) is 6.93. The van der Waals surface area contributed by atoms with E-state index in [-0.39, 0.29) is 16.3 Å². The standard InChI is InChI=1S/C15H14FNO3S2/c1-22(19,20)14-9-5-3-7-12(14)17-15(18)10-21-13-8-4-2-6-11(13)16/h2-9H,10H2,1H3,(H,17,18). The molecule has 0 aliphatic rings. The summed E-state index contributed by atoms with van der Waals surface area (Å²) in [5.74, 6) is -0.805. The van der Waals surface area contributed by atoms with Crippen LogP contribution in [0.25, 0.3) is 0 Å². The van der Waals surface area contributed by atoms with Gasteiger partial charge in [-0.25, -0.2) is 12.8 Å². The van der Waals surface area contributed by atoms with Gasteiger partial charge in [-0.1, -0.05) is 24.3 Å². The van der Waals surface area contributed by atoms with Crippen LogP contribution in [0.2, 0.25) is 0 Å². The Labute approximate surface area is 132 Å². The predicted octanol–water partition coefficient (Wildman–Crippen LogP) is 2.96. The molecule has 2 aromatic carbocycles. The summed E-state index contributed by atoms with van der Waals surface area (Å²) < 4.78 is 36.8. The smallest absolute Gasteiger partial charge is 0.234 e. The third-order valence-electron chi connectivity index (χ3n) is 2.76. The van der Waals surface area contributed by atoms with Gasteiger partial charge in [-0.2, -0.15) is 0 Å². The number of thioether (sulfide) groups is 1. The molecule has 2 aromatic rings. The van der Waals surface area contributed by atoms with Crippen LogP contribution < -0.4 is 5.32 Å².